The van der Waals surface area contributed by atoms with Crippen LogP contribution in [0, 0.1) is 0 Å². The van der Waals surface area contributed by atoms with E-state index in [9.17, 15) is 4.79 Å². The number of nitrogens with zero attached hydrogens (tertiary/aromatic N) is 3. The van der Waals surface area contributed by atoms with Gasteiger partial charge in [-0.25, -0.2) is 0 Å². The molecule has 1 aliphatic rings. The molecule has 8 heteroatoms. The second-order valence-corrected chi connectivity index (χ2v) is 6.08. The molecule has 1 unspecified atom stereocenters. The maximum atomic E-state index is 12.0. The van der Waals surface area contributed by atoms with Crippen molar-refractivity contribution in [3.8, 4) is 11.5 Å². The highest BCUT2D eigenvalue weighted by Crippen LogP contribution is 2.23. The Morgan fingerprint density at radius 2 is 2.19 bits per heavy atom. The molecule has 1 aliphatic heterocycles. The summed E-state index contributed by atoms with van der Waals surface area (Å²) in [5.74, 6) is 0.993. The Hall–Kier alpha value is -2.51. The minimum Gasteiger partial charge on any atom is -0.354 e. The van der Waals surface area contributed by atoms with E-state index in [1.165, 1.54) is 0 Å². The fraction of sp³-hybridized carbons (Fsp3) is 0.333. The van der Waals surface area contributed by atoms with Crippen LogP contribution in [-0.4, -0.2) is 40.2 Å². The van der Waals surface area contributed by atoms with Crippen molar-refractivity contribution in [1.82, 2.24) is 25.8 Å². The van der Waals surface area contributed by atoms with Gasteiger partial charge >= 0.3 is 0 Å². The molecular weight excluding hydrogens is 354 g/mol. The molecular formula is C18H20ClN5O2. The standard InChI is InChI=1S/C18H19N5O2.ClH/c24-18(14-6-3-9-19-14)21-11-8-15-22-17(23-25-15)16-13-5-2-1-4-12(13)7-10-20-16;/h1-2,4-5,7,10,14,19H,3,6,8-9,11H2,(H,21,24);1H. The second-order valence-electron chi connectivity index (χ2n) is 6.08. The van der Waals surface area contributed by atoms with Crippen LogP contribution in [0.2, 0.25) is 0 Å². The number of hydrogen-bond donors (Lipinski definition) is 2. The third-order valence-corrected chi connectivity index (χ3v) is 4.37. The van der Waals surface area contributed by atoms with Crippen LogP contribution in [-0.2, 0) is 11.2 Å². The normalized spacial score (nSPS) is 16.4. The fourth-order valence-electron chi connectivity index (χ4n) is 3.07. The van der Waals surface area contributed by atoms with E-state index in [4.69, 9.17) is 4.52 Å². The Bertz CT molecular complexity index is 887. The highest BCUT2D eigenvalue weighted by Gasteiger charge is 2.21. The number of nitrogens with one attached hydrogen (secondary N) is 2. The van der Waals surface area contributed by atoms with E-state index in [1.54, 1.807) is 6.20 Å². The number of amides is 1. The van der Waals surface area contributed by atoms with Gasteiger partial charge in [0.05, 0.1) is 6.04 Å². The molecule has 136 valence electrons. The van der Waals surface area contributed by atoms with Gasteiger partial charge in [0.1, 0.15) is 5.69 Å². The van der Waals surface area contributed by atoms with Gasteiger partial charge in [0.15, 0.2) is 0 Å². The number of halogens is 1. The van der Waals surface area contributed by atoms with Gasteiger partial charge < -0.3 is 15.2 Å². The van der Waals surface area contributed by atoms with Gasteiger partial charge in [-0.3, -0.25) is 9.78 Å². The number of aromatic nitrogens is 3. The average Bonchev–Trinajstić information content (AvgIpc) is 3.33. The quantitative estimate of drug-likeness (QED) is 0.711. The van der Waals surface area contributed by atoms with Crippen molar-refractivity contribution in [2.45, 2.75) is 25.3 Å². The van der Waals surface area contributed by atoms with E-state index in [2.05, 4.69) is 25.8 Å². The Morgan fingerprint density at radius 1 is 1.31 bits per heavy atom. The molecule has 2 N–H and O–H groups in total. The van der Waals surface area contributed by atoms with Crippen LogP contribution >= 0.6 is 12.4 Å². The molecule has 0 radical (unpaired) electrons. The first-order valence-corrected chi connectivity index (χ1v) is 8.49. The first-order chi connectivity index (χ1) is 12.3. The van der Waals surface area contributed by atoms with E-state index in [-0.39, 0.29) is 24.4 Å². The molecule has 1 atom stereocenters. The average molecular weight is 374 g/mol. The third-order valence-electron chi connectivity index (χ3n) is 4.37. The zero-order chi connectivity index (χ0) is 17.1. The van der Waals surface area contributed by atoms with Gasteiger partial charge in [-0.1, -0.05) is 29.4 Å². The lowest BCUT2D eigenvalue weighted by atomic mass is 10.1. The number of carbonyl (C=O) groups excluding carboxylic acids is 1. The molecule has 2 aromatic heterocycles. The van der Waals surface area contributed by atoms with E-state index in [0.717, 1.165) is 30.2 Å². The Morgan fingerprint density at radius 3 is 3.04 bits per heavy atom. The van der Waals surface area contributed by atoms with E-state index >= 15 is 0 Å². The lowest BCUT2D eigenvalue weighted by molar-refractivity contribution is -0.122. The zero-order valence-corrected chi connectivity index (χ0v) is 15.0. The van der Waals surface area contributed by atoms with Gasteiger partial charge in [-0.05, 0) is 30.8 Å². The summed E-state index contributed by atoms with van der Waals surface area (Å²) in [5.41, 5.74) is 0.701. The van der Waals surface area contributed by atoms with Crippen LogP contribution in [0.25, 0.3) is 22.3 Å². The number of fused-ring (bicyclic) bond motifs is 1. The van der Waals surface area contributed by atoms with Crippen molar-refractivity contribution in [2.24, 2.45) is 0 Å². The predicted octanol–water partition coefficient (Wildman–Crippen LogP) is 2.12. The molecule has 0 aliphatic carbocycles. The van der Waals surface area contributed by atoms with Crippen molar-refractivity contribution in [2.75, 3.05) is 13.1 Å². The summed E-state index contributed by atoms with van der Waals surface area (Å²) in [5, 5.41) is 12.2. The summed E-state index contributed by atoms with van der Waals surface area (Å²) in [6.07, 6.45) is 4.17. The van der Waals surface area contributed by atoms with Gasteiger partial charge in [-0.2, -0.15) is 4.98 Å². The molecule has 0 spiro atoms. The summed E-state index contributed by atoms with van der Waals surface area (Å²) in [7, 11) is 0. The largest absolute Gasteiger partial charge is 0.354 e. The molecule has 1 aromatic carbocycles. The lowest BCUT2D eigenvalue weighted by Gasteiger charge is -2.09. The van der Waals surface area contributed by atoms with Crippen LogP contribution in [0.3, 0.4) is 0 Å². The summed E-state index contributed by atoms with van der Waals surface area (Å²) in [6, 6.07) is 9.83. The fourth-order valence-corrected chi connectivity index (χ4v) is 3.07. The van der Waals surface area contributed by atoms with Crippen LogP contribution < -0.4 is 10.6 Å². The van der Waals surface area contributed by atoms with E-state index < -0.39 is 0 Å². The van der Waals surface area contributed by atoms with Crippen LogP contribution in [0.1, 0.15) is 18.7 Å². The Labute approximate surface area is 157 Å². The molecule has 7 nitrogen and oxygen atoms in total. The minimum absolute atomic E-state index is 0. The van der Waals surface area contributed by atoms with Crippen molar-refractivity contribution >= 4 is 29.1 Å². The summed E-state index contributed by atoms with van der Waals surface area (Å²) >= 11 is 0. The van der Waals surface area contributed by atoms with Crippen LogP contribution in [0.4, 0.5) is 0 Å². The maximum Gasteiger partial charge on any atom is 0.237 e. The smallest absolute Gasteiger partial charge is 0.237 e. The topological polar surface area (TPSA) is 92.9 Å². The van der Waals surface area contributed by atoms with Crippen LogP contribution in [0.15, 0.2) is 41.1 Å². The van der Waals surface area contributed by atoms with E-state index in [0.29, 0.717) is 30.4 Å². The van der Waals surface area contributed by atoms with Crippen molar-refractivity contribution in [1.29, 1.82) is 0 Å². The summed E-state index contributed by atoms with van der Waals surface area (Å²) < 4.78 is 5.31. The molecule has 3 aromatic rings. The number of hydrogen-bond acceptors (Lipinski definition) is 6. The van der Waals surface area contributed by atoms with Gasteiger partial charge in [0.25, 0.3) is 0 Å². The minimum atomic E-state index is -0.0712. The molecule has 26 heavy (non-hydrogen) atoms. The molecule has 1 saturated heterocycles. The first kappa shape index (κ1) is 18.3. The van der Waals surface area contributed by atoms with Gasteiger partial charge in [-0.15, -0.1) is 12.4 Å². The summed E-state index contributed by atoms with van der Waals surface area (Å²) in [6.45, 7) is 1.38. The number of rotatable bonds is 5. The van der Waals surface area contributed by atoms with Crippen LogP contribution in [0.5, 0.6) is 0 Å². The molecule has 4 rings (SSSR count). The predicted molar refractivity (Wildman–Crippen MR) is 100 cm³/mol. The first-order valence-electron chi connectivity index (χ1n) is 8.49. The molecule has 3 heterocycles. The number of benzene rings is 1. The van der Waals surface area contributed by atoms with Gasteiger partial charge in [0, 0.05) is 24.5 Å². The van der Waals surface area contributed by atoms with E-state index in [1.807, 2.05) is 30.3 Å². The molecule has 1 amide bonds. The lowest BCUT2D eigenvalue weighted by Crippen LogP contribution is -2.41. The third kappa shape index (κ3) is 3.84. The Kier molecular flexibility index (Phi) is 5.80. The van der Waals surface area contributed by atoms with Crippen molar-refractivity contribution in [3.05, 3.63) is 42.4 Å². The number of pyridine rings is 1. The van der Waals surface area contributed by atoms with Crippen molar-refractivity contribution < 1.29 is 9.32 Å². The molecule has 1 fully saturated rings. The highest BCUT2D eigenvalue weighted by atomic mass is 35.5. The van der Waals surface area contributed by atoms with Crippen molar-refractivity contribution in [3.63, 3.8) is 0 Å². The monoisotopic (exact) mass is 373 g/mol. The molecule has 0 bridgehead atoms. The SMILES string of the molecule is Cl.O=C(NCCc1nc(-c2nccc3ccccc23)no1)C1CCCN1. The zero-order valence-electron chi connectivity index (χ0n) is 14.1. The Balaban J connectivity index is 0.00000196. The maximum absolute atomic E-state index is 12.0. The molecule has 0 saturated carbocycles. The number of carbonyl (C=O) groups is 1. The van der Waals surface area contributed by atoms with Gasteiger partial charge in [0.2, 0.25) is 17.6 Å². The second kappa shape index (κ2) is 8.25. The highest BCUT2D eigenvalue weighted by molar-refractivity contribution is 5.92. The summed E-state index contributed by atoms with van der Waals surface area (Å²) in [4.78, 5) is 20.8.